The van der Waals surface area contributed by atoms with Crippen LogP contribution in [0.3, 0.4) is 0 Å². The molecule has 5 nitrogen and oxygen atoms in total. The number of fused-ring (bicyclic) bond motifs is 2. The lowest BCUT2D eigenvalue weighted by Gasteiger charge is -2.32. The van der Waals surface area contributed by atoms with E-state index in [-0.39, 0.29) is 24.1 Å². The standard InChI is InChI=1S/C17H18FNO4S/c1-3-4-12-10(2)19(14-6-5-11(18)7-13(12)14)15-8-21-9-16-17(15)23-24(20)22-16/h3-7,15-17H,8-9H2,1-2H3/b4-3-/t15-,16-,17+,24?/m0/s1. The first kappa shape index (κ1) is 16.0. The van der Waals surface area contributed by atoms with E-state index in [2.05, 4.69) is 4.57 Å². The molecule has 2 fully saturated rings. The zero-order chi connectivity index (χ0) is 16.8. The van der Waals surface area contributed by atoms with Crippen LogP contribution in [0.5, 0.6) is 0 Å². The van der Waals surface area contributed by atoms with Crippen LogP contribution < -0.4 is 0 Å². The minimum Gasteiger partial charge on any atom is -0.376 e. The highest BCUT2D eigenvalue weighted by molar-refractivity contribution is 7.75. The maximum absolute atomic E-state index is 13.8. The summed E-state index contributed by atoms with van der Waals surface area (Å²) in [5.41, 5.74) is 2.86. The minimum absolute atomic E-state index is 0.179. The van der Waals surface area contributed by atoms with Crippen molar-refractivity contribution in [3.63, 3.8) is 0 Å². The minimum atomic E-state index is -1.75. The molecule has 1 aromatic heterocycles. The summed E-state index contributed by atoms with van der Waals surface area (Å²) in [5, 5.41) is 0.841. The first-order valence-corrected chi connectivity index (χ1v) is 8.86. The van der Waals surface area contributed by atoms with E-state index in [0.29, 0.717) is 13.2 Å². The molecule has 2 aromatic rings. The van der Waals surface area contributed by atoms with Gasteiger partial charge in [-0.25, -0.2) is 4.39 Å². The predicted molar refractivity (Wildman–Crippen MR) is 89.1 cm³/mol. The summed E-state index contributed by atoms with van der Waals surface area (Å²) in [6.07, 6.45) is 3.20. The number of hydrogen-bond donors (Lipinski definition) is 0. The summed E-state index contributed by atoms with van der Waals surface area (Å²) in [6, 6.07) is 4.58. The van der Waals surface area contributed by atoms with Gasteiger partial charge in [0.1, 0.15) is 18.0 Å². The second-order valence-electron chi connectivity index (χ2n) is 6.04. The van der Waals surface area contributed by atoms with Crippen molar-refractivity contribution in [1.82, 2.24) is 4.57 Å². The molecule has 2 saturated heterocycles. The molecule has 1 unspecified atom stereocenters. The van der Waals surface area contributed by atoms with Crippen molar-refractivity contribution in [3.8, 4) is 0 Å². The van der Waals surface area contributed by atoms with Crippen LogP contribution in [0.25, 0.3) is 17.0 Å². The van der Waals surface area contributed by atoms with E-state index < -0.39 is 11.4 Å². The molecule has 24 heavy (non-hydrogen) atoms. The maximum atomic E-state index is 13.8. The second kappa shape index (κ2) is 6.07. The van der Waals surface area contributed by atoms with Gasteiger partial charge in [0, 0.05) is 22.2 Å². The smallest absolute Gasteiger partial charge is 0.305 e. The Morgan fingerprint density at radius 3 is 2.96 bits per heavy atom. The van der Waals surface area contributed by atoms with Crippen LogP contribution in [-0.4, -0.2) is 34.2 Å². The number of hydrogen-bond acceptors (Lipinski definition) is 4. The van der Waals surface area contributed by atoms with Crippen molar-refractivity contribution in [2.24, 2.45) is 0 Å². The van der Waals surface area contributed by atoms with Gasteiger partial charge in [0.05, 0.1) is 19.3 Å². The molecular formula is C17H18FNO4S. The van der Waals surface area contributed by atoms with Crippen LogP contribution in [0.4, 0.5) is 4.39 Å². The Morgan fingerprint density at radius 2 is 2.17 bits per heavy atom. The third-order valence-corrected chi connectivity index (χ3v) is 5.42. The Kier molecular flexibility index (Phi) is 4.04. The molecule has 3 heterocycles. The van der Waals surface area contributed by atoms with Crippen molar-refractivity contribution in [2.45, 2.75) is 32.1 Å². The number of ether oxygens (including phenoxy) is 1. The maximum Gasteiger partial charge on any atom is 0.305 e. The Hall–Kier alpha value is -1.54. The number of halogens is 1. The molecule has 0 N–H and O–H groups in total. The topological polar surface area (TPSA) is 49.7 Å². The van der Waals surface area contributed by atoms with Gasteiger partial charge in [-0.2, -0.15) is 4.21 Å². The average molecular weight is 351 g/mol. The molecule has 0 amide bonds. The molecule has 0 bridgehead atoms. The fraction of sp³-hybridized carbons (Fsp3) is 0.412. The van der Waals surface area contributed by atoms with Crippen molar-refractivity contribution < 1.29 is 21.7 Å². The Morgan fingerprint density at radius 1 is 1.33 bits per heavy atom. The molecule has 0 aliphatic carbocycles. The molecular weight excluding hydrogens is 333 g/mol. The lowest BCUT2D eigenvalue weighted by atomic mass is 10.0. The summed E-state index contributed by atoms with van der Waals surface area (Å²) >= 11 is -1.75. The summed E-state index contributed by atoms with van der Waals surface area (Å²) < 4.78 is 43.9. The monoisotopic (exact) mass is 351 g/mol. The van der Waals surface area contributed by atoms with E-state index >= 15 is 0 Å². The van der Waals surface area contributed by atoms with Crippen LogP contribution in [0.1, 0.15) is 24.2 Å². The molecule has 7 heteroatoms. The molecule has 0 spiro atoms. The van der Waals surface area contributed by atoms with Gasteiger partial charge in [-0.3, -0.25) is 8.37 Å². The van der Waals surface area contributed by atoms with E-state index in [1.54, 1.807) is 12.1 Å². The zero-order valence-corrected chi connectivity index (χ0v) is 14.2. The second-order valence-corrected chi connectivity index (χ2v) is 6.83. The van der Waals surface area contributed by atoms with Gasteiger partial charge in [-0.15, -0.1) is 0 Å². The summed E-state index contributed by atoms with van der Waals surface area (Å²) in [4.78, 5) is 0. The van der Waals surface area contributed by atoms with Crippen molar-refractivity contribution in [3.05, 3.63) is 41.3 Å². The zero-order valence-electron chi connectivity index (χ0n) is 13.4. The molecule has 128 valence electrons. The van der Waals surface area contributed by atoms with Gasteiger partial charge >= 0.3 is 11.4 Å². The number of rotatable bonds is 2. The molecule has 2 aliphatic heterocycles. The Balaban J connectivity index is 1.90. The lowest BCUT2D eigenvalue weighted by Crippen LogP contribution is -2.43. The normalized spacial score (nSPS) is 30.3. The van der Waals surface area contributed by atoms with E-state index in [1.807, 2.05) is 26.0 Å². The van der Waals surface area contributed by atoms with Gasteiger partial charge in [0.25, 0.3) is 0 Å². The molecule has 4 rings (SSSR count). The number of benzene rings is 1. The SMILES string of the molecule is C/C=C\c1c(C)n([C@H]2COC[C@@H]3OS(=O)O[C@@H]32)c2ccc(F)cc12. The first-order valence-electron chi connectivity index (χ1n) is 7.86. The summed E-state index contributed by atoms with van der Waals surface area (Å²) in [6.45, 7) is 4.71. The highest BCUT2D eigenvalue weighted by Crippen LogP contribution is 2.37. The fourth-order valence-corrected chi connectivity index (χ4v) is 4.48. The molecule has 0 saturated carbocycles. The van der Waals surface area contributed by atoms with Gasteiger partial charge < -0.3 is 9.30 Å². The van der Waals surface area contributed by atoms with Crippen molar-refractivity contribution in [1.29, 1.82) is 0 Å². The molecule has 0 radical (unpaired) electrons. The van der Waals surface area contributed by atoms with E-state index in [4.69, 9.17) is 13.1 Å². The summed E-state index contributed by atoms with van der Waals surface area (Å²) in [7, 11) is 0. The first-order chi connectivity index (χ1) is 11.6. The third-order valence-electron chi connectivity index (χ3n) is 4.63. The van der Waals surface area contributed by atoms with Gasteiger partial charge in [0.15, 0.2) is 0 Å². The van der Waals surface area contributed by atoms with E-state index in [9.17, 15) is 8.60 Å². The highest BCUT2D eigenvalue weighted by atomic mass is 32.2. The van der Waals surface area contributed by atoms with E-state index in [0.717, 1.165) is 22.2 Å². The van der Waals surface area contributed by atoms with Crippen LogP contribution >= 0.6 is 0 Å². The largest absolute Gasteiger partial charge is 0.376 e. The van der Waals surface area contributed by atoms with Crippen molar-refractivity contribution >= 4 is 28.3 Å². The summed E-state index contributed by atoms with van der Waals surface area (Å²) in [5.74, 6) is -0.273. The quantitative estimate of drug-likeness (QED) is 0.834. The van der Waals surface area contributed by atoms with E-state index in [1.165, 1.54) is 6.07 Å². The molecule has 4 atom stereocenters. The number of aromatic nitrogens is 1. The van der Waals surface area contributed by atoms with Gasteiger partial charge in [-0.1, -0.05) is 12.2 Å². The number of allylic oxidation sites excluding steroid dienone is 1. The fourth-order valence-electron chi connectivity index (χ4n) is 3.63. The molecule has 1 aromatic carbocycles. The van der Waals surface area contributed by atoms with Crippen molar-refractivity contribution in [2.75, 3.05) is 13.2 Å². The number of nitrogens with zero attached hydrogens (tertiary/aromatic N) is 1. The third kappa shape index (κ3) is 2.43. The van der Waals surface area contributed by atoms with Crippen LogP contribution in [0, 0.1) is 12.7 Å². The van der Waals surface area contributed by atoms with Gasteiger partial charge in [-0.05, 0) is 32.0 Å². The van der Waals surface area contributed by atoms with Crippen LogP contribution in [0.2, 0.25) is 0 Å². The van der Waals surface area contributed by atoms with Gasteiger partial charge in [0.2, 0.25) is 0 Å². The predicted octanol–water partition coefficient (Wildman–Crippen LogP) is 3.06. The van der Waals surface area contributed by atoms with Crippen LogP contribution in [-0.2, 0) is 24.5 Å². The average Bonchev–Trinajstić information content (AvgIpc) is 3.05. The lowest BCUT2D eigenvalue weighted by molar-refractivity contribution is -0.0534. The Bertz CT molecular complexity index is 847. The molecule has 2 aliphatic rings. The highest BCUT2D eigenvalue weighted by Gasteiger charge is 2.45. The van der Waals surface area contributed by atoms with Crippen LogP contribution in [0.15, 0.2) is 24.3 Å². The Labute approximate surface area is 141 Å².